The first-order chi connectivity index (χ1) is 6.19. The normalized spacial score (nSPS) is 19.4. The summed E-state index contributed by atoms with van der Waals surface area (Å²) >= 11 is 0. The molecule has 2 rings (SSSR count). The zero-order valence-corrected chi connectivity index (χ0v) is 7.37. The molecule has 13 heavy (non-hydrogen) atoms. The molecule has 3 nitrogen and oxygen atoms in total. The van der Waals surface area contributed by atoms with Gasteiger partial charge in [0.2, 0.25) is 0 Å². The zero-order valence-electron chi connectivity index (χ0n) is 7.37. The van der Waals surface area contributed by atoms with Crippen LogP contribution in [0.15, 0.2) is 6.20 Å². The Bertz CT molecular complexity index is 304. The van der Waals surface area contributed by atoms with E-state index >= 15 is 0 Å². The minimum atomic E-state index is -2.33. The Morgan fingerprint density at radius 2 is 2.31 bits per heavy atom. The Kier molecular flexibility index (Phi) is 1.82. The van der Waals surface area contributed by atoms with Crippen LogP contribution in [0.2, 0.25) is 0 Å². The molecule has 0 saturated heterocycles. The highest BCUT2D eigenvalue weighted by molar-refractivity contribution is 5.04. The maximum absolute atomic E-state index is 12.6. The first-order valence-electron chi connectivity index (χ1n) is 4.39. The van der Waals surface area contributed by atoms with Crippen molar-refractivity contribution in [2.75, 3.05) is 0 Å². The summed E-state index contributed by atoms with van der Waals surface area (Å²) in [4.78, 5) is 0. The first kappa shape index (κ1) is 8.59. The molecule has 1 aliphatic carbocycles. The Morgan fingerprint density at radius 3 is 2.69 bits per heavy atom. The van der Waals surface area contributed by atoms with E-state index in [4.69, 9.17) is 0 Å². The largest absolute Gasteiger partial charge is 0.263 e. The molecular formula is C8H11F2N3. The van der Waals surface area contributed by atoms with Gasteiger partial charge in [0.15, 0.2) is 0 Å². The van der Waals surface area contributed by atoms with Crippen molar-refractivity contribution in [3.8, 4) is 0 Å². The molecule has 1 heterocycles. The van der Waals surface area contributed by atoms with Crippen molar-refractivity contribution in [2.45, 2.75) is 38.2 Å². The van der Waals surface area contributed by atoms with Crippen molar-refractivity contribution >= 4 is 0 Å². The van der Waals surface area contributed by atoms with E-state index in [2.05, 4.69) is 10.3 Å². The summed E-state index contributed by atoms with van der Waals surface area (Å²) in [6, 6.07) is 0. The summed E-state index contributed by atoms with van der Waals surface area (Å²) in [5.74, 6) is 0. The van der Waals surface area contributed by atoms with Gasteiger partial charge < -0.3 is 0 Å². The van der Waals surface area contributed by atoms with Gasteiger partial charge in [-0.2, -0.15) is 0 Å². The number of halogens is 2. The number of hydrogen-bond donors (Lipinski definition) is 0. The van der Waals surface area contributed by atoms with Crippen LogP contribution in [0, 0.1) is 0 Å². The second kappa shape index (κ2) is 2.75. The third-order valence-corrected chi connectivity index (χ3v) is 2.53. The molecule has 0 aromatic carbocycles. The molecule has 1 aliphatic rings. The average Bonchev–Trinajstić information content (AvgIpc) is 2.79. The van der Waals surface area contributed by atoms with Crippen LogP contribution >= 0.6 is 0 Å². The molecule has 5 heteroatoms. The summed E-state index contributed by atoms with van der Waals surface area (Å²) in [6.45, 7) is 1.93. The van der Waals surface area contributed by atoms with Crippen molar-refractivity contribution in [3.63, 3.8) is 0 Å². The van der Waals surface area contributed by atoms with Gasteiger partial charge in [-0.3, -0.25) is 0 Å². The SMILES string of the molecule is CCc1cn(C2(C(F)F)CC2)nn1. The highest BCUT2D eigenvalue weighted by Gasteiger charge is 2.54. The van der Waals surface area contributed by atoms with E-state index < -0.39 is 12.0 Å². The highest BCUT2D eigenvalue weighted by atomic mass is 19.3. The average molecular weight is 187 g/mol. The Labute approximate surface area is 74.7 Å². The fourth-order valence-corrected chi connectivity index (χ4v) is 1.35. The molecule has 1 saturated carbocycles. The van der Waals surface area contributed by atoms with Crippen LogP contribution in [-0.2, 0) is 12.0 Å². The van der Waals surface area contributed by atoms with E-state index in [0.29, 0.717) is 12.8 Å². The highest BCUT2D eigenvalue weighted by Crippen LogP contribution is 2.47. The van der Waals surface area contributed by atoms with Crippen LogP contribution in [0.3, 0.4) is 0 Å². The van der Waals surface area contributed by atoms with E-state index in [0.717, 1.165) is 12.1 Å². The Hall–Kier alpha value is -1.00. The summed E-state index contributed by atoms with van der Waals surface area (Å²) in [5, 5.41) is 7.53. The molecule has 0 atom stereocenters. The third kappa shape index (κ3) is 1.22. The quantitative estimate of drug-likeness (QED) is 0.719. The number of aryl methyl sites for hydroxylation is 1. The molecule has 1 aromatic rings. The van der Waals surface area contributed by atoms with Gasteiger partial charge in [0, 0.05) is 6.20 Å². The van der Waals surface area contributed by atoms with Gasteiger partial charge in [-0.05, 0) is 19.3 Å². The lowest BCUT2D eigenvalue weighted by molar-refractivity contribution is 0.0593. The maximum Gasteiger partial charge on any atom is 0.263 e. The lowest BCUT2D eigenvalue weighted by Crippen LogP contribution is -2.26. The predicted octanol–water partition coefficient (Wildman–Crippen LogP) is 1.59. The van der Waals surface area contributed by atoms with E-state index in [9.17, 15) is 8.78 Å². The molecule has 0 radical (unpaired) electrons. The Morgan fingerprint density at radius 1 is 1.62 bits per heavy atom. The van der Waals surface area contributed by atoms with Gasteiger partial charge in [-0.15, -0.1) is 5.10 Å². The van der Waals surface area contributed by atoms with Crippen LogP contribution in [0.25, 0.3) is 0 Å². The number of hydrogen-bond acceptors (Lipinski definition) is 2. The van der Waals surface area contributed by atoms with Crippen LogP contribution in [0.4, 0.5) is 8.78 Å². The van der Waals surface area contributed by atoms with Crippen molar-refractivity contribution in [3.05, 3.63) is 11.9 Å². The van der Waals surface area contributed by atoms with Gasteiger partial charge >= 0.3 is 0 Å². The number of nitrogens with zero attached hydrogens (tertiary/aromatic N) is 3. The molecular weight excluding hydrogens is 176 g/mol. The summed E-state index contributed by atoms with van der Waals surface area (Å²) in [7, 11) is 0. The minimum Gasteiger partial charge on any atom is -0.240 e. The van der Waals surface area contributed by atoms with E-state index in [1.54, 1.807) is 6.20 Å². The molecule has 1 aromatic heterocycles. The lowest BCUT2D eigenvalue weighted by Gasteiger charge is -2.12. The summed E-state index contributed by atoms with van der Waals surface area (Å²) < 4.78 is 26.5. The van der Waals surface area contributed by atoms with Crippen molar-refractivity contribution in [1.82, 2.24) is 15.0 Å². The fraction of sp³-hybridized carbons (Fsp3) is 0.750. The van der Waals surface area contributed by atoms with E-state index in [1.807, 2.05) is 6.92 Å². The third-order valence-electron chi connectivity index (χ3n) is 2.53. The second-order valence-electron chi connectivity index (χ2n) is 3.41. The molecule has 0 bridgehead atoms. The smallest absolute Gasteiger partial charge is 0.240 e. The van der Waals surface area contributed by atoms with Crippen LogP contribution < -0.4 is 0 Å². The van der Waals surface area contributed by atoms with Crippen LogP contribution in [-0.4, -0.2) is 21.4 Å². The Balaban J connectivity index is 2.25. The van der Waals surface area contributed by atoms with Crippen molar-refractivity contribution in [2.24, 2.45) is 0 Å². The topological polar surface area (TPSA) is 30.7 Å². The van der Waals surface area contributed by atoms with E-state index in [-0.39, 0.29) is 0 Å². The first-order valence-corrected chi connectivity index (χ1v) is 4.39. The van der Waals surface area contributed by atoms with Crippen molar-refractivity contribution in [1.29, 1.82) is 0 Å². The fourth-order valence-electron chi connectivity index (χ4n) is 1.35. The molecule has 72 valence electrons. The number of alkyl halides is 2. The molecule has 0 N–H and O–H groups in total. The molecule has 1 fully saturated rings. The molecule has 0 amide bonds. The van der Waals surface area contributed by atoms with E-state index in [1.165, 1.54) is 4.68 Å². The maximum atomic E-state index is 12.6. The number of aromatic nitrogens is 3. The minimum absolute atomic E-state index is 0.511. The van der Waals surface area contributed by atoms with Crippen LogP contribution in [0.1, 0.15) is 25.5 Å². The van der Waals surface area contributed by atoms with Crippen LogP contribution in [0.5, 0.6) is 0 Å². The monoisotopic (exact) mass is 187 g/mol. The second-order valence-corrected chi connectivity index (χ2v) is 3.41. The summed E-state index contributed by atoms with van der Waals surface area (Å²) in [6.07, 6.45) is 1.05. The summed E-state index contributed by atoms with van der Waals surface area (Å²) in [5.41, 5.74) is -0.257. The van der Waals surface area contributed by atoms with Gasteiger partial charge in [-0.1, -0.05) is 12.1 Å². The van der Waals surface area contributed by atoms with Gasteiger partial charge in [0.05, 0.1) is 5.69 Å². The van der Waals surface area contributed by atoms with Gasteiger partial charge in [-0.25, -0.2) is 13.5 Å². The molecule has 0 unspecified atom stereocenters. The number of rotatable bonds is 3. The standard InChI is InChI=1S/C8H11F2N3/c1-2-6-5-13(12-11-6)8(3-4-8)7(9)10/h5,7H,2-4H2,1H3. The molecule has 0 aliphatic heterocycles. The van der Waals surface area contributed by atoms with Crippen molar-refractivity contribution < 1.29 is 8.78 Å². The van der Waals surface area contributed by atoms with Gasteiger partial charge in [0.1, 0.15) is 5.54 Å². The molecule has 0 spiro atoms. The van der Waals surface area contributed by atoms with Gasteiger partial charge in [0.25, 0.3) is 6.43 Å². The lowest BCUT2D eigenvalue weighted by atomic mass is 10.3. The zero-order chi connectivity index (χ0) is 9.47. The predicted molar refractivity (Wildman–Crippen MR) is 42.6 cm³/mol.